The number of nitrogens with one attached hydrogen (secondary N) is 2. The lowest BCUT2D eigenvalue weighted by atomic mass is 10.5. The first-order chi connectivity index (χ1) is 8.62. The lowest BCUT2D eigenvalue weighted by Crippen LogP contribution is -2.22. The van der Waals surface area contributed by atoms with Gasteiger partial charge in [-0.3, -0.25) is 0 Å². The fourth-order valence-corrected chi connectivity index (χ4v) is 4.39. The number of sulfonamides is 1. The van der Waals surface area contributed by atoms with Crippen LogP contribution < -0.4 is 10.0 Å². The monoisotopic (exact) mass is 303 g/mol. The Bertz CT molecular complexity index is 590. The highest BCUT2D eigenvalue weighted by Crippen LogP contribution is 2.21. The van der Waals surface area contributed by atoms with Crippen molar-refractivity contribution in [3.05, 3.63) is 33.6 Å². The van der Waals surface area contributed by atoms with E-state index in [1.54, 1.807) is 12.3 Å². The van der Waals surface area contributed by atoms with E-state index in [-0.39, 0.29) is 6.54 Å². The summed E-state index contributed by atoms with van der Waals surface area (Å²) < 4.78 is 26.9. The number of hydrogen-bond acceptors (Lipinski definition) is 6. The van der Waals surface area contributed by atoms with E-state index in [1.807, 2.05) is 18.5 Å². The van der Waals surface area contributed by atoms with Crippen molar-refractivity contribution >= 4 is 32.7 Å². The maximum absolute atomic E-state index is 12.0. The molecule has 18 heavy (non-hydrogen) atoms. The number of hydrogen-bond donors (Lipinski definition) is 2. The van der Waals surface area contributed by atoms with Gasteiger partial charge in [0.05, 0.1) is 6.54 Å². The summed E-state index contributed by atoms with van der Waals surface area (Å²) in [5.41, 5.74) is 0. The summed E-state index contributed by atoms with van der Waals surface area (Å²) in [5, 5.41) is 5.56. The molecule has 0 aliphatic rings. The van der Waals surface area contributed by atoms with E-state index in [1.165, 1.54) is 22.7 Å². The van der Waals surface area contributed by atoms with E-state index in [9.17, 15) is 8.42 Å². The molecule has 0 fully saturated rings. The quantitative estimate of drug-likeness (QED) is 0.846. The fraction of sp³-hybridized carbons (Fsp3) is 0.300. The Morgan fingerprint density at radius 1 is 1.33 bits per heavy atom. The molecular weight excluding hydrogens is 290 g/mol. The van der Waals surface area contributed by atoms with E-state index in [2.05, 4.69) is 15.0 Å². The molecule has 0 aliphatic heterocycles. The Morgan fingerprint density at radius 3 is 2.83 bits per heavy atom. The van der Waals surface area contributed by atoms with Crippen molar-refractivity contribution in [2.45, 2.75) is 17.3 Å². The molecule has 2 rings (SSSR count). The van der Waals surface area contributed by atoms with Gasteiger partial charge >= 0.3 is 0 Å². The van der Waals surface area contributed by atoms with E-state index < -0.39 is 10.0 Å². The van der Waals surface area contributed by atoms with Gasteiger partial charge in [0, 0.05) is 23.0 Å². The van der Waals surface area contributed by atoms with Crippen LogP contribution in [-0.4, -0.2) is 20.4 Å². The van der Waals surface area contributed by atoms with Gasteiger partial charge in [0.15, 0.2) is 0 Å². The Morgan fingerprint density at radius 2 is 2.17 bits per heavy atom. The smallest absolute Gasteiger partial charge is 0.250 e. The van der Waals surface area contributed by atoms with Crippen LogP contribution in [0.4, 0.5) is 0 Å². The Hall–Kier alpha value is -0.800. The molecule has 0 aliphatic carbocycles. The number of thiophene rings is 1. The molecule has 0 amide bonds. The predicted octanol–water partition coefficient (Wildman–Crippen LogP) is 1.40. The molecule has 8 heteroatoms. The van der Waals surface area contributed by atoms with E-state index in [4.69, 9.17) is 0 Å². The first-order valence-corrected chi connectivity index (χ1v) is 8.41. The third-order valence-corrected chi connectivity index (χ3v) is 5.91. The van der Waals surface area contributed by atoms with Gasteiger partial charge in [0.2, 0.25) is 10.0 Å². The topological polar surface area (TPSA) is 71.1 Å². The number of nitrogens with zero attached hydrogens (tertiary/aromatic N) is 1. The molecule has 2 N–H and O–H groups in total. The van der Waals surface area contributed by atoms with Gasteiger partial charge in [-0.2, -0.15) is 0 Å². The maximum atomic E-state index is 12.0. The maximum Gasteiger partial charge on any atom is 0.250 e. The third-order valence-electron chi connectivity index (χ3n) is 2.15. The molecule has 2 aromatic rings. The molecule has 0 spiro atoms. The van der Waals surface area contributed by atoms with Crippen molar-refractivity contribution in [1.82, 2.24) is 15.0 Å². The highest BCUT2D eigenvalue weighted by Gasteiger charge is 2.16. The van der Waals surface area contributed by atoms with E-state index in [0.29, 0.717) is 10.8 Å². The summed E-state index contributed by atoms with van der Waals surface area (Å²) in [7, 11) is -1.60. The van der Waals surface area contributed by atoms with E-state index in [0.717, 1.165) is 9.88 Å². The molecule has 0 saturated heterocycles. The minimum atomic E-state index is -3.43. The Balaban J connectivity index is 2.05. The highest BCUT2D eigenvalue weighted by atomic mass is 32.2. The van der Waals surface area contributed by atoms with Gasteiger partial charge in [-0.15, -0.1) is 22.7 Å². The Kier molecular flexibility index (Phi) is 4.46. The summed E-state index contributed by atoms with van der Waals surface area (Å²) in [5.74, 6) is 0. The Labute approximate surface area is 114 Å². The molecule has 5 nitrogen and oxygen atoms in total. The summed E-state index contributed by atoms with van der Waals surface area (Å²) >= 11 is 2.70. The number of rotatable bonds is 6. The van der Waals surface area contributed by atoms with Gasteiger partial charge in [0.25, 0.3) is 0 Å². The highest BCUT2D eigenvalue weighted by molar-refractivity contribution is 7.91. The predicted molar refractivity (Wildman–Crippen MR) is 73.2 cm³/mol. The largest absolute Gasteiger partial charge is 0.315 e. The average Bonchev–Trinajstić information content (AvgIpc) is 2.98. The van der Waals surface area contributed by atoms with Crippen molar-refractivity contribution < 1.29 is 8.42 Å². The van der Waals surface area contributed by atoms with Crippen LogP contribution in [0.15, 0.2) is 27.9 Å². The number of aromatic nitrogens is 1. The summed E-state index contributed by atoms with van der Waals surface area (Å²) in [4.78, 5) is 5.03. The zero-order valence-corrected chi connectivity index (χ0v) is 12.2. The lowest BCUT2D eigenvalue weighted by molar-refractivity contribution is 0.583. The van der Waals surface area contributed by atoms with Crippen LogP contribution in [0.25, 0.3) is 0 Å². The third kappa shape index (κ3) is 3.36. The molecule has 0 saturated carbocycles. The molecule has 0 bridgehead atoms. The minimum Gasteiger partial charge on any atom is -0.315 e. The molecule has 0 radical (unpaired) electrons. The molecular formula is C10H13N3O2S3. The standard InChI is InChI=1S/C10H13N3O2S3/c1-11-6-8-2-3-10(17-8)18(14,15)13-7-9-12-4-5-16-9/h2-5,11,13H,6-7H2,1H3. The van der Waals surface area contributed by atoms with Gasteiger partial charge in [-0.25, -0.2) is 18.1 Å². The second-order valence-electron chi connectivity index (χ2n) is 3.50. The fourth-order valence-electron chi connectivity index (χ4n) is 1.34. The van der Waals surface area contributed by atoms with Gasteiger partial charge < -0.3 is 5.32 Å². The normalized spacial score (nSPS) is 11.8. The van der Waals surface area contributed by atoms with Crippen LogP contribution in [0.1, 0.15) is 9.88 Å². The number of thiazole rings is 1. The SMILES string of the molecule is CNCc1ccc(S(=O)(=O)NCc2nccs2)s1. The molecule has 2 heterocycles. The van der Waals surface area contributed by atoms with Gasteiger partial charge in [0.1, 0.15) is 9.22 Å². The van der Waals surface area contributed by atoms with Gasteiger partial charge in [-0.1, -0.05) is 0 Å². The second kappa shape index (κ2) is 5.89. The first-order valence-electron chi connectivity index (χ1n) is 5.23. The zero-order chi connectivity index (χ0) is 13.0. The van der Waals surface area contributed by atoms with Crippen LogP contribution in [0.3, 0.4) is 0 Å². The molecule has 0 aromatic carbocycles. The van der Waals surface area contributed by atoms with Crippen molar-refractivity contribution in [2.75, 3.05) is 7.05 Å². The van der Waals surface area contributed by atoms with Crippen molar-refractivity contribution in [3.8, 4) is 0 Å². The average molecular weight is 303 g/mol. The van der Waals surface area contributed by atoms with Crippen LogP contribution in [0, 0.1) is 0 Å². The van der Waals surface area contributed by atoms with Crippen LogP contribution in [0.2, 0.25) is 0 Å². The zero-order valence-electron chi connectivity index (χ0n) is 9.71. The van der Waals surface area contributed by atoms with Crippen LogP contribution >= 0.6 is 22.7 Å². The summed E-state index contributed by atoms with van der Waals surface area (Å²) in [6.45, 7) is 0.909. The molecule has 0 atom stereocenters. The molecule has 0 unspecified atom stereocenters. The summed E-state index contributed by atoms with van der Waals surface area (Å²) in [6.07, 6.45) is 1.66. The van der Waals surface area contributed by atoms with Crippen LogP contribution in [-0.2, 0) is 23.1 Å². The van der Waals surface area contributed by atoms with Crippen molar-refractivity contribution in [2.24, 2.45) is 0 Å². The van der Waals surface area contributed by atoms with Gasteiger partial charge in [-0.05, 0) is 19.2 Å². The molecule has 98 valence electrons. The van der Waals surface area contributed by atoms with Crippen LogP contribution in [0.5, 0.6) is 0 Å². The minimum absolute atomic E-state index is 0.235. The van der Waals surface area contributed by atoms with Crippen molar-refractivity contribution in [1.29, 1.82) is 0 Å². The first kappa shape index (κ1) is 13.6. The van der Waals surface area contributed by atoms with E-state index >= 15 is 0 Å². The summed E-state index contributed by atoms with van der Waals surface area (Å²) in [6, 6.07) is 3.45. The molecule has 2 aromatic heterocycles. The lowest BCUT2D eigenvalue weighted by Gasteiger charge is -2.02. The second-order valence-corrected chi connectivity index (χ2v) is 7.64. The van der Waals surface area contributed by atoms with Crippen molar-refractivity contribution in [3.63, 3.8) is 0 Å².